The molecule has 0 amide bonds. The Bertz CT molecular complexity index is 259. The number of hydrogen-bond acceptors (Lipinski definition) is 3. The highest BCUT2D eigenvalue weighted by atomic mass is 16.5. The van der Waals surface area contributed by atoms with E-state index in [0.717, 1.165) is 5.69 Å². The van der Waals surface area contributed by atoms with Crippen molar-refractivity contribution in [2.75, 3.05) is 0 Å². The van der Waals surface area contributed by atoms with Gasteiger partial charge in [0.2, 0.25) is 5.96 Å². The quantitative estimate of drug-likeness (QED) is 0.325. The third-order valence-electron chi connectivity index (χ3n) is 1.25. The Kier molecular flexibility index (Phi) is 3.04. The molecule has 1 rings (SSSR count). The second-order valence-electron chi connectivity index (χ2n) is 2.13. The van der Waals surface area contributed by atoms with E-state index in [-0.39, 0.29) is 5.96 Å². The molecule has 12 heavy (non-hydrogen) atoms. The van der Waals surface area contributed by atoms with E-state index >= 15 is 0 Å². The van der Waals surface area contributed by atoms with Crippen molar-refractivity contribution in [1.82, 2.24) is 10.5 Å². The molecule has 1 aromatic rings. The van der Waals surface area contributed by atoms with Crippen molar-refractivity contribution in [2.24, 2.45) is 10.7 Å². The van der Waals surface area contributed by atoms with Gasteiger partial charge in [-0.15, -0.1) is 0 Å². The molecular formula is C7H10N4O. The lowest BCUT2D eigenvalue weighted by molar-refractivity contribution is 0.232. The SMILES string of the molecule is NC(=NCc1ccccn1)NO. The van der Waals surface area contributed by atoms with Crippen LogP contribution in [-0.4, -0.2) is 16.2 Å². The first-order valence-corrected chi connectivity index (χ1v) is 3.43. The molecular weight excluding hydrogens is 156 g/mol. The Balaban J connectivity index is 2.54. The lowest BCUT2D eigenvalue weighted by Gasteiger charge is -1.96. The van der Waals surface area contributed by atoms with E-state index in [2.05, 4.69) is 9.98 Å². The first-order chi connectivity index (χ1) is 5.83. The maximum Gasteiger partial charge on any atom is 0.213 e. The van der Waals surface area contributed by atoms with Crippen LogP contribution in [0.15, 0.2) is 29.4 Å². The van der Waals surface area contributed by atoms with Gasteiger partial charge in [0.05, 0.1) is 12.2 Å². The molecule has 1 aromatic heterocycles. The van der Waals surface area contributed by atoms with Gasteiger partial charge in [-0.05, 0) is 12.1 Å². The summed E-state index contributed by atoms with van der Waals surface area (Å²) in [7, 11) is 0. The van der Waals surface area contributed by atoms with E-state index in [4.69, 9.17) is 10.9 Å². The van der Waals surface area contributed by atoms with Crippen LogP contribution >= 0.6 is 0 Å². The summed E-state index contributed by atoms with van der Waals surface area (Å²) in [5, 5.41) is 8.29. The lowest BCUT2D eigenvalue weighted by atomic mass is 10.3. The Labute approximate surface area is 69.9 Å². The van der Waals surface area contributed by atoms with Crippen molar-refractivity contribution in [3.8, 4) is 0 Å². The molecule has 0 spiro atoms. The highest BCUT2D eigenvalue weighted by molar-refractivity contribution is 5.76. The summed E-state index contributed by atoms with van der Waals surface area (Å²) in [4.78, 5) is 7.80. The second-order valence-corrected chi connectivity index (χ2v) is 2.13. The van der Waals surface area contributed by atoms with Gasteiger partial charge >= 0.3 is 0 Å². The van der Waals surface area contributed by atoms with E-state index in [1.165, 1.54) is 0 Å². The van der Waals surface area contributed by atoms with Gasteiger partial charge < -0.3 is 5.73 Å². The van der Waals surface area contributed by atoms with Crippen molar-refractivity contribution < 1.29 is 5.21 Å². The van der Waals surface area contributed by atoms with Crippen LogP contribution in [0, 0.1) is 0 Å². The summed E-state index contributed by atoms with van der Waals surface area (Å²) in [5.74, 6) is -0.0133. The molecule has 5 nitrogen and oxygen atoms in total. The molecule has 0 atom stereocenters. The van der Waals surface area contributed by atoms with Crippen LogP contribution in [0.3, 0.4) is 0 Å². The number of hydrogen-bond donors (Lipinski definition) is 3. The van der Waals surface area contributed by atoms with Crippen LogP contribution in [0.5, 0.6) is 0 Å². The molecule has 0 aliphatic carbocycles. The van der Waals surface area contributed by atoms with Gasteiger partial charge in [0.15, 0.2) is 0 Å². The molecule has 0 saturated heterocycles. The van der Waals surface area contributed by atoms with Gasteiger partial charge in [0.25, 0.3) is 0 Å². The number of nitrogens with zero attached hydrogens (tertiary/aromatic N) is 2. The molecule has 64 valence electrons. The number of nitrogens with one attached hydrogen (secondary N) is 1. The van der Waals surface area contributed by atoms with Crippen LogP contribution in [-0.2, 0) is 6.54 Å². The zero-order valence-electron chi connectivity index (χ0n) is 6.44. The van der Waals surface area contributed by atoms with Gasteiger partial charge in [0, 0.05) is 6.20 Å². The highest BCUT2D eigenvalue weighted by Crippen LogP contribution is 1.94. The average Bonchev–Trinajstić information content (AvgIpc) is 2.16. The number of aliphatic imine (C=N–C) groups is 1. The summed E-state index contributed by atoms with van der Waals surface area (Å²) in [6.45, 7) is 0.361. The number of guanidine groups is 1. The molecule has 4 N–H and O–H groups in total. The summed E-state index contributed by atoms with van der Waals surface area (Å²) in [5.41, 5.74) is 7.72. The second kappa shape index (κ2) is 4.30. The van der Waals surface area contributed by atoms with Crippen molar-refractivity contribution in [2.45, 2.75) is 6.54 Å². The van der Waals surface area contributed by atoms with Gasteiger partial charge in [-0.25, -0.2) is 10.5 Å². The zero-order chi connectivity index (χ0) is 8.81. The number of aromatic nitrogens is 1. The van der Waals surface area contributed by atoms with Gasteiger partial charge in [0.1, 0.15) is 0 Å². The largest absolute Gasteiger partial charge is 0.368 e. The number of hydroxylamine groups is 1. The van der Waals surface area contributed by atoms with E-state index in [1.807, 2.05) is 18.2 Å². The maximum atomic E-state index is 8.29. The molecule has 0 aliphatic rings. The van der Waals surface area contributed by atoms with Crippen LogP contribution in [0.1, 0.15) is 5.69 Å². The average molecular weight is 166 g/mol. The van der Waals surface area contributed by atoms with E-state index < -0.39 is 0 Å². The van der Waals surface area contributed by atoms with Crippen molar-refractivity contribution in [3.05, 3.63) is 30.1 Å². The smallest absolute Gasteiger partial charge is 0.213 e. The Morgan fingerprint density at radius 1 is 1.67 bits per heavy atom. The fourth-order valence-corrected chi connectivity index (χ4v) is 0.693. The normalized spacial score (nSPS) is 11.2. The molecule has 0 radical (unpaired) electrons. The molecule has 0 bridgehead atoms. The van der Waals surface area contributed by atoms with E-state index in [9.17, 15) is 0 Å². The van der Waals surface area contributed by atoms with Crippen molar-refractivity contribution >= 4 is 5.96 Å². The lowest BCUT2D eigenvalue weighted by Crippen LogP contribution is -2.28. The Morgan fingerprint density at radius 3 is 3.08 bits per heavy atom. The van der Waals surface area contributed by atoms with Gasteiger partial charge in [-0.3, -0.25) is 10.2 Å². The predicted molar refractivity (Wildman–Crippen MR) is 44.5 cm³/mol. The summed E-state index contributed by atoms with van der Waals surface area (Å²) < 4.78 is 0. The van der Waals surface area contributed by atoms with Crippen molar-refractivity contribution in [3.63, 3.8) is 0 Å². The first kappa shape index (κ1) is 8.48. The Morgan fingerprint density at radius 2 is 2.50 bits per heavy atom. The van der Waals surface area contributed by atoms with E-state index in [0.29, 0.717) is 6.54 Å². The fraction of sp³-hybridized carbons (Fsp3) is 0.143. The predicted octanol–water partition coefficient (Wildman–Crippen LogP) is -0.125. The highest BCUT2D eigenvalue weighted by Gasteiger charge is 1.90. The minimum Gasteiger partial charge on any atom is -0.368 e. The van der Waals surface area contributed by atoms with Crippen LogP contribution in [0.2, 0.25) is 0 Å². The fourth-order valence-electron chi connectivity index (χ4n) is 0.693. The molecule has 5 heteroatoms. The summed E-state index contributed by atoms with van der Waals surface area (Å²) in [6, 6.07) is 5.51. The molecule has 0 fully saturated rings. The zero-order valence-corrected chi connectivity index (χ0v) is 6.44. The standard InChI is InChI=1S/C7H10N4O/c8-7(11-12)10-5-6-3-1-2-4-9-6/h1-4,12H,5H2,(H3,8,10,11). The number of rotatable bonds is 2. The summed E-state index contributed by atoms with van der Waals surface area (Å²) in [6.07, 6.45) is 1.67. The number of pyridine rings is 1. The molecule has 1 heterocycles. The summed E-state index contributed by atoms with van der Waals surface area (Å²) >= 11 is 0. The van der Waals surface area contributed by atoms with Gasteiger partial charge in [-0.2, -0.15) is 0 Å². The third kappa shape index (κ3) is 2.55. The molecule has 0 aliphatic heterocycles. The minimum absolute atomic E-state index is 0.0133. The van der Waals surface area contributed by atoms with Crippen LogP contribution in [0.25, 0.3) is 0 Å². The van der Waals surface area contributed by atoms with Crippen LogP contribution in [0.4, 0.5) is 0 Å². The minimum atomic E-state index is -0.0133. The van der Waals surface area contributed by atoms with Crippen LogP contribution < -0.4 is 11.2 Å². The van der Waals surface area contributed by atoms with Gasteiger partial charge in [-0.1, -0.05) is 6.07 Å². The Hall–Kier alpha value is -1.62. The maximum absolute atomic E-state index is 8.29. The van der Waals surface area contributed by atoms with Crippen molar-refractivity contribution in [1.29, 1.82) is 0 Å². The van der Waals surface area contributed by atoms with E-state index in [1.54, 1.807) is 11.7 Å². The number of nitrogens with two attached hydrogens (primary N) is 1. The third-order valence-corrected chi connectivity index (χ3v) is 1.25. The molecule has 0 unspecified atom stereocenters. The topological polar surface area (TPSA) is 83.5 Å². The molecule has 0 aromatic carbocycles. The first-order valence-electron chi connectivity index (χ1n) is 3.43. The molecule has 0 saturated carbocycles. The monoisotopic (exact) mass is 166 g/mol.